The quantitative estimate of drug-likeness (QED) is 0.566. The van der Waals surface area contributed by atoms with Crippen LogP contribution in [0.15, 0.2) is 47.8 Å². The summed E-state index contributed by atoms with van der Waals surface area (Å²) in [6.45, 7) is 1.90. The summed E-state index contributed by atoms with van der Waals surface area (Å²) >= 11 is 1.69. The van der Waals surface area contributed by atoms with Gasteiger partial charge in [-0.15, -0.1) is 11.3 Å². The molecule has 0 aliphatic rings. The monoisotopic (exact) mass is 286 g/mol. The third kappa shape index (κ3) is 2.22. The van der Waals surface area contributed by atoms with E-state index in [-0.39, 0.29) is 11.9 Å². The molecule has 0 fully saturated rings. The lowest BCUT2D eigenvalue weighted by molar-refractivity contribution is 0.613. The molecule has 102 valence electrons. The fourth-order valence-electron chi connectivity index (χ4n) is 2.55. The molecular weight excluding hydrogens is 271 g/mol. The molecule has 0 spiro atoms. The van der Waals surface area contributed by atoms with Gasteiger partial charge in [0.1, 0.15) is 5.82 Å². The molecule has 1 atom stereocenters. The van der Waals surface area contributed by atoms with Gasteiger partial charge in [0, 0.05) is 4.70 Å². The van der Waals surface area contributed by atoms with Gasteiger partial charge in [0.2, 0.25) is 0 Å². The van der Waals surface area contributed by atoms with Crippen molar-refractivity contribution in [3.8, 4) is 0 Å². The number of hydrogen-bond acceptors (Lipinski definition) is 3. The molecule has 4 heteroatoms. The number of rotatable bonds is 3. The Kier molecular flexibility index (Phi) is 3.53. The standard InChI is InChI=1S/C16H15FN2S/c1-10-9-12(17)5-6-13(10)15(19-18)14-4-2-3-11-7-8-20-16(11)14/h2-9,15,19H,18H2,1H3. The van der Waals surface area contributed by atoms with Crippen LogP contribution in [0.2, 0.25) is 0 Å². The Morgan fingerprint density at radius 2 is 2.00 bits per heavy atom. The molecule has 0 amide bonds. The number of hydrazine groups is 1. The second-order valence-corrected chi connectivity index (χ2v) is 5.70. The Morgan fingerprint density at radius 1 is 1.15 bits per heavy atom. The van der Waals surface area contributed by atoms with Gasteiger partial charge < -0.3 is 0 Å². The predicted molar refractivity (Wildman–Crippen MR) is 82.1 cm³/mol. The molecule has 3 N–H and O–H groups in total. The SMILES string of the molecule is Cc1cc(F)ccc1C(NN)c1cccc2ccsc12. The zero-order valence-corrected chi connectivity index (χ0v) is 11.9. The number of benzene rings is 2. The first-order valence-corrected chi connectivity index (χ1v) is 7.27. The topological polar surface area (TPSA) is 38.0 Å². The molecule has 0 saturated carbocycles. The average Bonchev–Trinajstić information content (AvgIpc) is 2.91. The maximum atomic E-state index is 13.3. The molecular formula is C16H15FN2S. The highest BCUT2D eigenvalue weighted by atomic mass is 32.1. The number of nitrogens with two attached hydrogens (primary N) is 1. The van der Waals surface area contributed by atoms with E-state index in [9.17, 15) is 4.39 Å². The summed E-state index contributed by atoms with van der Waals surface area (Å²) in [7, 11) is 0. The van der Waals surface area contributed by atoms with E-state index in [2.05, 4.69) is 29.0 Å². The fraction of sp³-hybridized carbons (Fsp3) is 0.125. The summed E-state index contributed by atoms with van der Waals surface area (Å²) in [6, 6.07) is 12.9. The Balaban J connectivity index is 2.16. The van der Waals surface area contributed by atoms with Crippen molar-refractivity contribution in [1.29, 1.82) is 0 Å². The van der Waals surface area contributed by atoms with Crippen LogP contribution in [0, 0.1) is 12.7 Å². The molecule has 3 rings (SSSR count). The predicted octanol–water partition coefficient (Wildman–Crippen LogP) is 3.90. The van der Waals surface area contributed by atoms with Gasteiger partial charge in [-0.25, -0.2) is 9.82 Å². The molecule has 0 aliphatic carbocycles. The summed E-state index contributed by atoms with van der Waals surface area (Å²) in [4.78, 5) is 0. The normalized spacial score (nSPS) is 12.8. The molecule has 2 nitrogen and oxygen atoms in total. The van der Waals surface area contributed by atoms with Crippen LogP contribution in [0.3, 0.4) is 0 Å². The molecule has 1 heterocycles. The highest BCUT2D eigenvalue weighted by Gasteiger charge is 2.17. The first-order chi connectivity index (χ1) is 9.70. The van der Waals surface area contributed by atoms with E-state index in [0.29, 0.717) is 0 Å². The third-order valence-electron chi connectivity index (χ3n) is 3.53. The van der Waals surface area contributed by atoms with E-state index in [1.54, 1.807) is 17.4 Å². The highest BCUT2D eigenvalue weighted by molar-refractivity contribution is 7.17. The summed E-state index contributed by atoms with van der Waals surface area (Å²) in [5.41, 5.74) is 5.87. The van der Waals surface area contributed by atoms with Crippen LogP contribution in [0.1, 0.15) is 22.7 Å². The minimum absolute atomic E-state index is 0.141. The van der Waals surface area contributed by atoms with Gasteiger partial charge in [-0.05, 0) is 52.6 Å². The summed E-state index contributed by atoms with van der Waals surface area (Å²) in [6.07, 6.45) is 0. The van der Waals surface area contributed by atoms with Crippen LogP contribution in [0.4, 0.5) is 4.39 Å². The molecule has 3 aromatic rings. The number of fused-ring (bicyclic) bond motifs is 1. The van der Waals surface area contributed by atoms with Crippen molar-refractivity contribution in [3.63, 3.8) is 0 Å². The maximum absolute atomic E-state index is 13.3. The van der Waals surface area contributed by atoms with Crippen molar-refractivity contribution >= 4 is 21.4 Å². The summed E-state index contributed by atoms with van der Waals surface area (Å²) in [5.74, 6) is 5.54. The van der Waals surface area contributed by atoms with Gasteiger partial charge in [-0.1, -0.05) is 24.3 Å². The van der Waals surface area contributed by atoms with Crippen LogP contribution in [0.5, 0.6) is 0 Å². The minimum atomic E-state index is -0.226. The summed E-state index contributed by atoms with van der Waals surface area (Å²) < 4.78 is 14.5. The molecule has 20 heavy (non-hydrogen) atoms. The lowest BCUT2D eigenvalue weighted by Gasteiger charge is -2.20. The molecule has 0 aliphatic heterocycles. The maximum Gasteiger partial charge on any atom is 0.123 e. The fourth-order valence-corrected chi connectivity index (χ4v) is 3.50. The molecule has 0 bridgehead atoms. The number of nitrogens with one attached hydrogen (secondary N) is 1. The molecule has 1 unspecified atom stereocenters. The number of aryl methyl sites for hydroxylation is 1. The van der Waals surface area contributed by atoms with Gasteiger partial charge in [0.25, 0.3) is 0 Å². The second-order valence-electron chi connectivity index (χ2n) is 4.79. The number of hydrogen-bond donors (Lipinski definition) is 2. The van der Waals surface area contributed by atoms with Gasteiger partial charge >= 0.3 is 0 Å². The molecule has 0 radical (unpaired) electrons. The third-order valence-corrected chi connectivity index (χ3v) is 4.51. The molecule has 2 aromatic carbocycles. The van der Waals surface area contributed by atoms with Gasteiger partial charge in [0.05, 0.1) is 6.04 Å². The average molecular weight is 286 g/mol. The van der Waals surface area contributed by atoms with Crippen LogP contribution >= 0.6 is 11.3 Å². The van der Waals surface area contributed by atoms with Gasteiger partial charge in [-0.2, -0.15) is 0 Å². The van der Waals surface area contributed by atoms with E-state index in [1.807, 2.05) is 13.0 Å². The zero-order valence-electron chi connectivity index (χ0n) is 11.1. The minimum Gasteiger partial charge on any atom is -0.271 e. The van der Waals surface area contributed by atoms with Crippen LogP contribution in [-0.2, 0) is 0 Å². The number of halogens is 1. The Hall–Kier alpha value is -1.75. The highest BCUT2D eigenvalue weighted by Crippen LogP contribution is 2.33. The Labute approximate surface area is 121 Å². The van der Waals surface area contributed by atoms with Crippen LogP contribution in [0.25, 0.3) is 10.1 Å². The number of thiophene rings is 1. The molecule has 1 aromatic heterocycles. The smallest absolute Gasteiger partial charge is 0.123 e. The van der Waals surface area contributed by atoms with Crippen molar-refractivity contribution in [2.24, 2.45) is 5.84 Å². The van der Waals surface area contributed by atoms with Gasteiger partial charge in [-0.3, -0.25) is 5.84 Å². The van der Waals surface area contributed by atoms with Crippen LogP contribution in [-0.4, -0.2) is 0 Å². The van der Waals surface area contributed by atoms with Gasteiger partial charge in [0.15, 0.2) is 0 Å². The van der Waals surface area contributed by atoms with E-state index in [1.165, 1.54) is 22.2 Å². The van der Waals surface area contributed by atoms with Crippen molar-refractivity contribution < 1.29 is 4.39 Å². The van der Waals surface area contributed by atoms with E-state index in [0.717, 1.165) is 16.7 Å². The zero-order chi connectivity index (χ0) is 14.1. The largest absolute Gasteiger partial charge is 0.271 e. The Morgan fingerprint density at radius 3 is 2.75 bits per heavy atom. The first-order valence-electron chi connectivity index (χ1n) is 6.39. The van der Waals surface area contributed by atoms with Crippen LogP contribution < -0.4 is 11.3 Å². The van der Waals surface area contributed by atoms with Crippen molar-refractivity contribution in [3.05, 3.63) is 70.4 Å². The first kappa shape index (κ1) is 13.2. The summed E-state index contributed by atoms with van der Waals surface area (Å²) in [5, 5.41) is 3.27. The van der Waals surface area contributed by atoms with Crippen molar-refractivity contribution in [2.45, 2.75) is 13.0 Å². The lowest BCUT2D eigenvalue weighted by atomic mass is 9.95. The van der Waals surface area contributed by atoms with E-state index >= 15 is 0 Å². The molecule has 0 saturated heterocycles. The van der Waals surface area contributed by atoms with E-state index < -0.39 is 0 Å². The van der Waals surface area contributed by atoms with Crippen molar-refractivity contribution in [2.75, 3.05) is 0 Å². The van der Waals surface area contributed by atoms with E-state index in [4.69, 9.17) is 5.84 Å². The lowest BCUT2D eigenvalue weighted by Crippen LogP contribution is -2.29. The van der Waals surface area contributed by atoms with Crippen molar-refractivity contribution in [1.82, 2.24) is 5.43 Å². The second kappa shape index (κ2) is 5.32. The Bertz CT molecular complexity index is 751.